The first-order valence-electron chi connectivity index (χ1n) is 19.1. The van der Waals surface area contributed by atoms with Crippen molar-refractivity contribution in [1.29, 1.82) is 0 Å². The summed E-state index contributed by atoms with van der Waals surface area (Å²) in [5.74, 6) is -0.280. The molecule has 0 aliphatic carbocycles. The van der Waals surface area contributed by atoms with Gasteiger partial charge in [0.05, 0.1) is 45.3 Å². The maximum absolute atomic E-state index is 11.0. The van der Waals surface area contributed by atoms with Crippen LogP contribution in [-0.4, -0.2) is 239 Å². The lowest BCUT2D eigenvalue weighted by Gasteiger charge is -2.16. The predicted octanol–water partition coefficient (Wildman–Crippen LogP) is -5.79. The van der Waals surface area contributed by atoms with Crippen molar-refractivity contribution in [3.8, 4) is 0 Å². The number of carbonyl (C=O) groups excluding carboxylic acids is 4. The van der Waals surface area contributed by atoms with E-state index in [1.54, 1.807) is 6.26 Å². The van der Waals surface area contributed by atoms with Crippen LogP contribution in [0.25, 0.3) is 0 Å². The normalized spacial score (nSPS) is 14.2. The van der Waals surface area contributed by atoms with Crippen LogP contribution in [0.5, 0.6) is 0 Å². The smallest absolute Gasteiger partial charge is 0.288 e. The van der Waals surface area contributed by atoms with Crippen LogP contribution in [0, 0.1) is 0 Å². The number of hydrogen-bond acceptors (Lipinski definition) is 26. The molecule has 17 N–H and O–H groups in total. The van der Waals surface area contributed by atoms with Gasteiger partial charge < -0.3 is 62.6 Å². The van der Waals surface area contributed by atoms with Gasteiger partial charge >= 0.3 is 0 Å². The fourth-order valence-corrected chi connectivity index (χ4v) is 8.41. The lowest BCUT2D eigenvalue weighted by atomic mass is 10.2. The molecule has 0 rings (SSSR count). The summed E-state index contributed by atoms with van der Waals surface area (Å²) in [6, 6.07) is -0.580. The Morgan fingerprint density at radius 1 is 0.563 bits per heavy atom. The van der Waals surface area contributed by atoms with Crippen LogP contribution in [0.3, 0.4) is 0 Å². The van der Waals surface area contributed by atoms with Crippen molar-refractivity contribution < 1.29 is 116 Å². The standard InChI is InChI=1S/C7H16N2O4S2.C6H14N2O4S2.C6H12O5S.C4H9NO5S.C4H11NO4S.C3H9NO4S/c1-14-3-2-6(5-15(11,12)13)9-7(10)4-8;1-13-3-2-6(14(10,11)12)8-5(9)4-7;1-11-5-6(3-2-4-7)12(8,9)10;1-10-2-4(5-3-6)11(7,8)9;1-9-3-4(2-5)10(6,7)8;1-8-2-3(4)9(5,6)7/h6H,2-5,8H2,1H3,(H,9,10)(H,11,12,13);6H,2-4,7H2,1H3,(H,8,9)(H,10,11,12);4,6H,2-3,5H2,1H3,(H,8,9,10);3-4H,2H2,1H3,(H,5,6)(H,7,8,9);4H,2-3,5H2,1H3,(H,6,7,8);3H,2,4H2,1H3,(H,5,6,7). The van der Waals surface area contributed by atoms with E-state index in [1.165, 1.54) is 52.0 Å². The molecular formula is C30H71N7O26S8. The summed E-state index contributed by atoms with van der Waals surface area (Å²) in [5, 5.41) is 0.479. The highest BCUT2D eigenvalue weighted by Crippen LogP contribution is 2.07. The van der Waals surface area contributed by atoms with Gasteiger partial charge in [-0.2, -0.15) is 74.0 Å². The second kappa shape index (κ2) is 44.2. The number of thioether (sulfide) groups is 2. The molecule has 6 unspecified atom stereocenters. The Balaban J connectivity index is -0.000000180. The SMILES string of the molecule is COCC(CCC=O)S(=O)(=O)O.COCC(CN)S(=O)(=O)O.COCC(N)S(=O)(=O)O.COCC(NC=O)S(=O)(=O)O.CSCCC(CS(=O)(=O)O)NC(=O)CN.CSCCC(NC(=O)CN)S(=O)(=O)O. The molecule has 0 saturated heterocycles. The highest BCUT2D eigenvalue weighted by Gasteiger charge is 2.25. The molecule has 3 amide bonds. The van der Waals surface area contributed by atoms with Gasteiger partial charge in [0.1, 0.15) is 16.8 Å². The van der Waals surface area contributed by atoms with Gasteiger partial charge in [-0.3, -0.25) is 41.7 Å². The maximum Gasteiger partial charge on any atom is 0.288 e. The highest BCUT2D eigenvalue weighted by atomic mass is 32.2. The van der Waals surface area contributed by atoms with Gasteiger partial charge in [-0.1, -0.05) is 0 Å². The molecule has 430 valence electrons. The molecule has 0 aromatic carbocycles. The van der Waals surface area contributed by atoms with Crippen molar-refractivity contribution in [1.82, 2.24) is 16.0 Å². The number of hydrogen-bond donors (Lipinski definition) is 13. The number of carbonyl (C=O) groups is 4. The Bertz CT molecular complexity index is 2110. The quantitative estimate of drug-likeness (QED) is 0.0227. The number of rotatable bonds is 31. The van der Waals surface area contributed by atoms with E-state index in [0.717, 1.165) is 0 Å². The van der Waals surface area contributed by atoms with Crippen molar-refractivity contribution in [2.75, 3.05) is 104 Å². The Kier molecular flexibility index (Phi) is 50.0. The zero-order valence-corrected chi connectivity index (χ0v) is 46.0. The molecule has 41 heteroatoms. The van der Waals surface area contributed by atoms with Crippen LogP contribution >= 0.6 is 23.5 Å². The van der Waals surface area contributed by atoms with Crippen molar-refractivity contribution in [3.05, 3.63) is 0 Å². The third-order valence-corrected chi connectivity index (χ3v) is 14.6. The van der Waals surface area contributed by atoms with Crippen LogP contribution in [0.1, 0.15) is 25.7 Å². The summed E-state index contributed by atoms with van der Waals surface area (Å²) in [6.45, 7) is -1.27. The van der Waals surface area contributed by atoms with Gasteiger partial charge in [0.15, 0.2) is 16.1 Å². The van der Waals surface area contributed by atoms with E-state index in [1.807, 2.05) is 11.6 Å². The molecule has 0 aromatic heterocycles. The minimum Gasteiger partial charge on any atom is -0.383 e. The zero-order valence-electron chi connectivity index (χ0n) is 39.4. The molecule has 0 bridgehead atoms. The Morgan fingerprint density at radius 3 is 1.25 bits per heavy atom. The van der Waals surface area contributed by atoms with Gasteiger partial charge in [-0.05, 0) is 43.3 Å². The van der Waals surface area contributed by atoms with E-state index in [0.29, 0.717) is 24.2 Å². The predicted molar refractivity (Wildman–Crippen MR) is 263 cm³/mol. The first-order chi connectivity index (χ1) is 32.3. The topological polar surface area (TPSA) is 572 Å². The number of amides is 3. The Morgan fingerprint density at radius 2 is 0.972 bits per heavy atom. The minimum atomic E-state index is -4.26. The van der Waals surface area contributed by atoms with Crippen molar-refractivity contribution >= 4 is 109 Å². The summed E-state index contributed by atoms with van der Waals surface area (Å²) in [4.78, 5) is 41.5. The largest absolute Gasteiger partial charge is 0.383 e. The molecule has 0 radical (unpaired) electrons. The molecule has 6 atom stereocenters. The van der Waals surface area contributed by atoms with Crippen LogP contribution in [0.15, 0.2) is 0 Å². The van der Waals surface area contributed by atoms with Crippen molar-refractivity contribution in [2.45, 2.75) is 58.3 Å². The third-order valence-electron chi connectivity index (χ3n) is 7.15. The molecule has 33 nitrogen and oxygen atoms in total. The summed E-state index contributed by atoms with van der Waals surface area (Å²) >= 11 is 2.95. The van der Waals surface area contributed by atoms with E-state index in [-0.39, 0.29) is 71.7 Å². The van der Waals surface area contributed by atoms with Crippen LogP contribution in [0.2, 0.25) is 0 Å². The van der Waals surface area contributed by atoms with E-state index in [2.05, 4.69) is 29.6 Å². The molecule has 0 aliphatic heterocycles. The van der Waals surface area contributed by atoms with Gasteiger partial charge in [-0.25, -0.2) is 0 Å². The second-order valence-corrected chi connectivity index (χ2v) is 24.7. The number of nitrogens with one attached hydrogen (secondary N) is 3. The maximum atomic E-state index is 11.0. The molecule has 0 saturated carbocycles. The summed E-state index contributed by atoms with van der Waals surface area (Å²) in [7, 11) is -19.6. The molecule has 0 spiro atoms. The van der Waals surface area contributed by atoms with Crippen molar-refractivity contribution in [2.24, 2.45) is 22.9 Å². The summed E-state index contributed by atoms with van der Waals surface area (Å²) in [6.07, 6.45) is 5.29. The second-order valence-electron chi connectivity index (χ2n) is 13.0. The van der Waals surface area contributed by atoms with E-state index >= 15 is 0 Å². The zero-order chi connectivity index (χ0) is 57.3. The molecule has 71 heavy (non-hydrogen) atoms. The molecule has 0 fully saturated rings. The fourth-order valence-electron chi connectivity index (χ4n) is 3.67. The Hall–Kier alpha value is -2.08. The van der Waals surface area contributed by atoms with Crippen LogP contribution in [0.4, 0.5) is 0 Å². The van der Waals surface area contributed by atoms with E-state index in [9.17, 15) is 69.7 Å². The average molecular weight is 1200 g/mol. The molecular weight excluding hydrogens is 1130 g/mol. The third kappa shape index (κ3) is 54.0. The number of nitrogens with two attached hydrogens (primary N) is 4. The van der Waals surface area contributed by atoms with Crippen molar-refractivity contribution in [3.63, 3.8) is 0 Å². The summed E-state index contributed by atoms with van der Waals surface area (Å²) in [5.41, 5.74) is 20.0. The lowest BCUT2D eigenvalue weighted by Crippen LogP contribution is -2.43. The number of methoxy groups -OCH3 is 4. The van der Waals surface area contributed by atoms with Crippen LogP contribution < -0.4 is 38.9 Å². The van der Waals surface area contributed by atoms with Gasteiger partial charge in [0, 0.05) is 47.4 Å². The molecule has 0 aromatic rings. The fraction of sp³-hybridized carbons (Fsp3) is 0.867. The van der Waals surface area contributed by atoms with Gasteiger partial charge in [0.25, 0.3) is 60.7 Å². The number of aldehydes is 1. The van der Waals surface area contributed by atoms with Gasteiger partial charge in [-0.15, -0.1) is 0 Å². The monoisotopic (exact) mass is 1200 g/mol. The first-order valence-corrected chi connectivity index (χ1v) is 31.0. The highest BCUT2D eigenvalue weighted by molar-refractivity contribution is 7.98. The Labute approximate surface area is 423 Å². The van der Waals surface area contributed by atoms with Gasteiger partial charge in [0.2, 0.25) is 18.2 Å². The van der Waals surface area contributed by atoms with E-state index < -0.39 is 111 Å². The molecule has 0 heterocycles. The first kappa shape index (κ1) is 80.3. The number of ether oxygens (including phenoxy) is 4. The van der Waals surface area contributed by atoms with E-state index in [4.69, 9.17) is 50.3 Å². The minimum absolute atomic E-state index is 0.0741. The average Bonchev–Trinajstić information content (AvgIpc) is 3.23. The molecule has 0 aliphatic rings. The summed E-state index contributed by atoms with van der Waals surface area (Å²) < 4.78 is 194. The lowest BCUT2D eigenvalue weighted by molar-refractivity contribution is -0.121. The van der Waals surface area contributed by atoms with Crippen LogP contribution in [-0.2, 0) is 98.8 Å².